The van der Waals surface area contributed by atoms with Crippen LogP contribution in [0.3, 0.4) is 0 Å². The second-order valence-electron chi connectivity index (χ2n) is 6.48. The molecular weight excluding hydrogens is 262 g/mol. The van der Waals surface area contributed by atoms with Gasteiger partial charge < -0.3 is 10.4 Å². The number of carbonyl (C=O) groups is 1. The quantitative estimate of drug-likeness (QED) is 0.872. The van der Waals surface area contributed by atoms with E-state index >= 15 is 0 Å². The Hall–Kier alpha value is -1.35. The van der Waals surface area contributed by atoms with Crippen molar-refractivity contribution in [2.75, 3.05) is 6.61 Å². The molecule has 1 amide bonds. The number of hydrogen-bond donors (Lipinski definition) is 2. The number of aliphatic hydroxyl groups excluding tert-OH is 1. The number of nitrogens with one attached hydrogen (secondary N) is 1. The first-order valence-electron chi connectivity index (χ1n) is 8.12. The van der Waals surface area contributed by atoms with Crippen molar-refractivity contribution >= 4 is 5.91 Å². The van der Waals surface area contributed by atoms with E-state index in [0.29, 0.717) is 11.8 Å². The topological polar surface area (TPSA) is 49.3 Å². The molecule has 1 saturated carbocycles. The third kappa shape index (κ3) is 4.57. The maximum Gasteiger partial charge on any atom is 0.251 e. The second kappa shape index (κ2) is 7.60. The van der Waals surface area contributed by atoms with Crippen LogP contribution >= 0.6 is 0 Å². The third-order valence-electron chi connectivity index (χ3n) is 4.56. The largest absolute Gasteiger partial charge is 0.396 e. The zero-order valence-corrected chi connectivity index (χ0v) is 13.1. The van der Waals surface area contributed by atoms with Crippen LogP contribution in [0.5, 0.6) is 0 Å². The summed E-state index contributed by atoms with van der Waals surface area (Å²) in [5.41, 5.74) is 2.01. The fraction of sp³-hybridized carbons (Fsp3) is 0.611. The molecule has 1 aromatic rings. The number of aliphatic hydroxyl groups is 1. The molecule has 0 aliphatic heterocycles. The van der Waals surface area contributed by atoms with Crippen molar-refractivity contribution < 1.29 is 9.90 Å². The van der Waals surface area contributed by atoms with Gasteiger partial charge in [0.05, 0.1) is 0 Å². The first-order chi connectivity index (χ1) is 10.1. The van der Waals surface area contributed by atoms with Gasteiger partial charge in [-0.3, -0.25) is 4.79 Å². The molecule has 1 aromatic carbocycles. The number of amides is 1. The van der Waals surface area contributed by atoms with Crippen LogP contribution in [-0.2, 0) is 0 Å². The van der Waals surface area contributed by atoms with Gasteiger partial charge >= 0.3 is 0 Å². The lowest BCUT2D eigenvalue weighted by Crippen LogP contribution is -2.37. The van der Waals surface area contributed by atoms with E-state index in [-0.39, 0.29) is 18.6 Å². The van der Waals surface area contributed by atoms with Crippen LogP contribution < -0.4 is 5.32 Å². The number of benzene rings is 1. The molecule has 0 aromatic heterocycles. The Morgan fingerprint density at radius 1 is 1.19 bits per heavy atom. The zero-order valence-electron chi connectivity index (χ0n) is 13.1. The summed E-state index contributed by atoms with van der Waals surface area (Å²) < 4.78 is 0. The molecule has 1 aliphatic rings. The van der Waals surface area contributed by atoms with Crippen molar-refractivity contribution in [1.82, 2.24) is 5.32 Å². The molecule has 0 unspecified atom stereocenters. The van der Waals surface area contributed by atoms with Gasteiger partial charge in [0.25, 0.3) is 5.91 Å². The Labute approximate surface area is 127 Å². The molecule has 0 heterocycles. The molecule has 0 atom stereocenters. The maximum atomic E-state index is 12.3. The second-order valence-corrected chi connectivity index (χ2v) is 6.48. The van der Waals surface area contributed by atoms with E-state index in [4.69, 9.17) is 5.11 Å². The van der Waals surface area contributed by atoms with Crippen LogP contribution in [0.15, 0.2) is 24.3 Å². The summed E-state index contributed by atoms with van der Waals surface area (Å²) in [5.74, 6) is 1.16. The van der Waals surface area contributed by atoms with Gasteiger partial charge in [0.1, 0.15) is 0 Å². The molecule has 1 aliphatic carbocycles. The monoisotopic (exact) mass is 289 g/mol. The fourth-order valence-electron chi connectivity index (χ4n) is 3.07. The minimum Gasteiger partial charge on any atom is -0.396 e. The predicted octanol–water partition coefficient (Wildman–Crippen LogP) is 3.48. The Morgan fingerprint density at radius 2 is 1.81 bits per heavy atom. The van der Waals surface area contributed by atoms with Gasteiger partial charge in [0.15, 0.2) is 0 Å². The molecule has 116 valence electrons. The van der Waals surface area contributed by atoms with E-state index in [1.807, 2.05) is 24.3 Å². The summed E-state index contributed by atoms with van der Waals surface area (Å²) in [6.45, 7) is 4.59. The van der Waals surface area contributed by atoms with E-state index < -0.39 is 0 Å². The Balaban J connectivity index is 1.84. The molecule has 1 fully saturated rings. The average Bonchev–Trinajstić information content (AvgIpc) is 2.49. The van der Waals surface area contributed by atoms with E-state index in [1.165, 1.54) is 5.56 Å². The molecule has 21 heavy (non-hydrogen) atoms. The molecule has 0 spiro atoms. The van der Waals surface area contributed by atoms with Crippen molar-refractivity contribution in [1.29, 1.82) is 0 Å². The van der Waals surface area contributed by atoms with Gasteiger partial charge in [0, 0.05) is 18.2 Å². The number of rotatable bonds is 5. The number of hydrogen-bond acceptors (Lipinski definition) is 2. The molecule has 0 radical (unpaired) electrons. The molecule has 0 bridgehead atoms. The summed E-state index contributed by atoms with van der Waals surface area (Å²) in [4.78, 5) is 12.3. The normalized spacial score (nSPS) is 22.3. The molecule has 0 saturated heterocycles. The van der Waals surface area contributed by atoms with Crippen LogP contribution in [0.25, 0.3) is 0 Å². The average molecular weight is 289 g/mol. The van der Waals surface area contributed by atoms with Gasteiger partial charge in [-0.1, -0.05) is 26.0 Å². The zero-order chi connectivity index (χ0) is 15.2. The molecule has 3 nitrogen and oxygen atoms in total. The Kier molecular flexibility index (Phi) is 5.80. The minimum absolute atomic E-state index is 0.0379. The highest BCUT2D eigenvalue weighted by atomic mass is 16.3. The van der Waals surface area contributed by atoms with E-state index in [0.717, 1.165) is 37.7 Å². The Bertz CT molecular complexity index is 445. The summed E-state index contributed by atoms with van der Waals surface area (Å²) in [7, 11) is 0. The lowest BCUT2D eigenvalue weighted by atomic mass is 9.84. The smallest absolute Gasteiger partial charge is 0.251 e. The van der Waals surface area contributed by atoms with Gasteiger partial charge in [0.2, 0.25) is 0 Å². The molecular formula is C18H27NO2. The van der Waals surface area contributed by atoms with Crippen LogP contribution in [0, 0.1) is 5.92 Å². The van der Waals surface area contributed by atoms with Crippen LogP contribution in [0.2, 0.25) is 0 Å². The summed E-state index contributed by atoms with van der Waals surface area (Å²) in [6.07, 6.45) is 5.17. The fourth-order valence-corrected chi connectivity index (χ4v) is 3.07. The van der Waals surface area contributed by atoms with Crippen molar-refractivity contribution in [3.8, 4) is 0 Å². The summed E-state index contributed by atoms with van der Waals surface area (Å²) >= 11 is 0. The van der Waals surface area contributed by atoms with Gasteiger partial charge in [-0.25, -0.2) is 0 Å². The lowest BCUT2D eigenvalue weighted by molar-refractivity contribution is 0.0918. The molecule has 3 heteroatoms. The highest BCUT2D eigenvalue weighted by Gasteiger charge is 2.22. The van der Waals surface area contributed by atoms with Crippen LogP contribution in [0.1, 0.15) is 67.8 Å². The van der Waals surface area contributed by atoms with Crippen LogP contribution in [-0.4, -0.2) is 23.7 Å². The molecule has 2 N–H and O–H groups in total. The highest BCUT2D eigenvalue weighted by Crippen LogP contribution is 2.26. The first-order valence-corrected chi connectivity index (χ1v) is 8.12. The van der Waals surface area contributed by atoms with Gasteiger partial charge in [-0.15, -0.1) is 0 Å². The minimum atomic E-state index is 0.0379. The predicted molar refractivity (Wildman–Crippen MR) is 85.4 cm³/mol. The lowest BCUT2D eigenvalue weighted by Gasteiger charge is -2.28. The number of carbonyl (C=O) groups excluding carboxylic acids is 1. The van der Waals surface area contributed by atoms with E-state index in [9.17, 15) is 4.79 Å². The maximum absolute atomic E-state index is 12.3. The third-order valence-corrected chi connectivity index (χ3v) is 4.56. The van der Waals surface area contributed by atoms with Crippen molar-refractivity contribution in [3.05, 3.63) is 35.4 Å². The van der Waals surface area contributed by atoms with Gasteiger partial charge in [-0.05, 0) is 61.6 Å². The SMILES string of the molecule is CC(C)c1ccc(C(=O)NC2CCC(CCO)CC2)cc1. The summed E-state index contributed by atoms with van der Waals surface area (Å²) in [5, 5.41) is 12.1. The van der Waals surface area contributed by atoms with Crippen LogP contribution in [0.4, 0.5) is 0 Å². The van der Waals surface area contributed by atoms with Gasteiger partial charge in [-0.2, -0.15) is 0 Å². The van der Waals surface area contributed by atoms with Crippen molar-refractivity contribution in [2.24, 2.45) is 5.92 Å². The Morgan fingerprint density at radius 3 is 2.33 bits per heavy atom. The first kappa shape index (κ1) is 16.0. The standard InChI is InChI=1S/C18H27NO2/c1-13(2)15-5-7-16(8-6-15)18(21)19-17-9-3-14(4-10-17)11-12-20/h5-8,13-14,17,20H,3-4,9-12H2,1-2H3,(H,19,21). The van der Waals surface area contributed by atoms with E-state index in [2.05, 4.69) is 19.2 Å². The summed E-state index contributed by atoms with van der Waals surface area (Å²) in [6, 6.07) is 8.21. The van der Waals surface area contributed by atoms with Crippen molar-refractivity contribution in [3.63, 3.8) is 0 Å². The highest BCUT2D eigenvalue weighted by molar-refractivity contribution is 5.94. The van der Waals surface area contributed by atoms with Crippen molar-refractivity contribution in [2.45, 2.75) is 57.9 Å². The molecule has 2 rings (SSSR count). The van der Waals surface area contributed by atoms with E-state index in [1.54, 1.807) is 0 Å².